The van der Waals surface area contributed by atoms with Gasteiger partial charge in [0.25, 0.3) is 0 Å². The van der Waals surface area contributed by atoms with Gasteiger partial charge in [-0.3, -0.25) is 4.79 Å². The molecule has 0 aliphatic heterocycles. The molecule has 2 N–H and O–H groups in total. The Morgan fingerprint density at radius 1 is 1.23 bits per heavy atom. The fourth-order valence-corrected chi connectivity index (χ4v) is 4.69. The lowest BCUT2D eigenvalue weighted by Crippen LogP contribution is -2.26. The van der Waals surface area contributed by atoms with Crippen LogP contribution in [0.2, 0.25) is 0 Å². The standard InChI is InChI=1S/C22H31NO3/c1-23(2)20(25)11-7-6-8-15-12-17-14-19(24)21(18(17)13-15)22(26)16-9-4-3-5-10-16/h3-5,9-10,12,17-19,21-22,24,26H,6-8,11,13-14H2,1-2H3/t17-,18-,19+,21+,22+/m0/s1. The first-order valence-corrected chi connectivity index (χ1v) is 9.78. The Bertz CT molecular complexity index is 640. The maximum Gasteiger partial charge on any atom is 0.222 e. The van der Waals surface area contributed by atoms with Gasteiger partial charge in [0.1, 0.15) is 0 Å². The van der Waals surface area contributed by atoms with E-state index in [2.05, 4.69) is 6.08 Å². The van der Waals surface area contributed by atoms with Gasteiger partial charge in [-0.25, -0.2) is 0 Å². The van der Waals surface area contributed by atoms with Crippen molar-refractivity contribution in [2.24, 2.45) is 17.8 Å². The van der Waals surface area contributed by atoms with Crippen molar-refractivity contribution in [3.8, 4) is 0 Å². The molecule has 1 aromatic rings. The van der Waals surface area contributed by atoms with Crippen molar-refractivity contribution in [3.05, 3.63) is 47.5 Å². The number of amides is 1. The fourth-order valence-electron chi connectivity index (χ4n) is 4.69. The van der Waals surface area contributed by atoms with Gasteiger partial charge in [-0.2, -0.15) is 0 Å². The minimum absolute atomic E-state index is 0.0912. The second-order valence-corrected chi connectivity index (χ2v) is 8.09. The SMILES string of the molecule is CN(C)C(=O)CCCCC1=C[C@H]2C[C@@H](O)[C@H]([C@H](O)c3ccccc3)[C@H]2C1. The van der Waals surface area contributed by atoms with E-state index in [-0.39, 0.29) is 11.8 Å². The Kier molecular flexibility index (Phi) is 6.15. The largest absolute Gasteiger partial charge is 0.393 e. The zero-order valence-corrected chi connectivity index (χ0v) is 15.8. The van der Waals surface area contributed by atoms with Gasteiger partial charge in [0.15, 0.2) is 0 Å². The maximum atomic E-state index is 11.6. The Morgan fingerprint density at radius 3 is 2.65 bits per heavy atom. The van der Waals surface area contributed by atoms with Gasteiger partial charge in [0, 0.05) is 26.4 Å². The first-order chi connectivity index (χ1) is 12.5. The molecule has 0 radical (unpaired) electrons. The third kappa shape index (κ3) is 4.18. The number of fused-ring (bicyclic) bond motifs is 1. The number of aliphatic hydroxyl groups is 2. The van der Waals surface area contributed by atoms with Crippen molar-refractivity contribution in [2.75, 3.05) is 14.1 Å². The number of hydrogen-bond acceptors (Lipinski definition) is 3. The molecule has 1 aromatic carbocycles. The van der Waals surface area contributed by atoms with Crippen LogP contribution in [0.4, 0.5) is 0 Å². The summed E-state index contributed by atoms with van der Waals surface area (Å²) in [7, 11) is 3.60. The van der Waals surface area contributed by atoms with Crippen molar-refractivity contribution < 1.29 is 15.0 Å². The second-order valence-electron chi connectivity index (χ2n) is 8.09. The average Bonchev–Trinajstić information content (AvgIpc) is 3.14. The van der Waals surface area contributed by atoms with E-state index in [0.29, 0.717) is 18.3 Å². The lowest BCUT2D eigenvalue weighted by atomic mass is 9.82. The lowest BCUT2D eigenvalue weighted by Gasteiger charge is -2.27. The molecule has 2 aliphatic carbocycles. The average molecular weight is 357 g/mol. The first-order valence-electron chi connectivity index (χ1n) is 9.78. The van der Waals surface area contributed by atoms with E-state index in [9.17, 15) is 15.0 Å². The van der Waals surface area contributed by atoms with Crippen LogP contribution >= 0.6 is 0 Å². The summed E-state index contributed by atoms with van der Waals surface area (Å²) in [6, 6.07) is 9.70. The first kappa shape index (κ1) is 19.1. The summed E-state index contributed by atoms with van der Waals surface area (Å²) < 4.78 is 0. The van der Waals surface area contributed by atoms with Crippen molar-refractivity contribution in [1.29, 1.82) is 0 Å². The van der Waals surface area contributed by atoms with E-state index in [0.717, 1.165) is 37.7 Å². The number of carbonyl (C=O) groups excluding carboxylic acids is 1. The van der Waals surface area contributed by atoms with Gasteiger partial charge >= 0.3 is 0 Å². The second kappa shape index (κ2) is 8.36. The third-order valence-electron chi connectivity index (χ3n) is 6.09. The summed E-state index contributed by atoms with van der Waals surface area (Å²) in [5.74, 6) is 0.813. The zero-order valence-electron chi connectivity index (χ0n) is 15.8. The summed E-state index contributed by atoms with van der Waals surface area (Å²) in [5, 5.41) is 21.3. The van der Waals surface area contributed by atoms with Gasteiger partial charge in [0.2, 0.25) is 5.91 Å². The molecule has 0 heterocycles. The molecule has 1 saturated carbocycles. The maximum absolute atomic E-state index is 11.6. The Hall–Kier alpha value is -1.65. The molecule has 3 rings (SSSR count). The Morgan fingerprint density at radius 2 is 1.96 bits per heavy atom. The number of benzene rings is 1. The number of nitrogens with zero attached hydrogens (tertiary/aromatic N) is 1. The number of unbranched alkanes of at least 4 members (excludes halogenated alkanes) is 1. The van der Waals surface area contributed by atoms with Crippen LogP contribution in [-0.2, 0) is 4.79 Å². The van der Waals surface area contributed by atoms with Gasteiger partial charge in [0.05, 0.1) is 12.2 Å². The fraction of sp³-hybridized carbons (Fsp3) is 0.591. The molecule has 0 aromatic heterocycles. The van der Waals surface area contributed by atoms with Crippen LogP contribution in [0.1, 0.15) is 50.2 Å². The molecule has 0 bridgehead atoms. The molecule has 2 aliphatic rings. The molecule has 4 nitrogen and oxygen atoms in total. The molecule has 1 fully saturated rings. The van der Waals surface area contributed by atoms with Gasteiger partial charge < -0.3 is 15.1 Å². The summed E-state index contributed by atoms with van der Waals surface area (Å²) in [5.41, 5.74) is 2.34. The lowest BCUT2D eigenvalue weighted by molar-refractivity contribution is -0.128. The smallest absolute Gasteiger partial charge is 0.222 e. The number of aliphatic hydroxyl groups excluding tert-OH is 2. The van der Waals surface area contributed by atoms with Crippen LogP contribution in [-0.4, -0.2) is 41.2 Å². The van der Waals surface area contributed by atoms with Gasteiger partial charge in [-0.05, 0) is 49.5 Å². The van der Waals surface area contributed by atoms with E-state index < -0.39 is 12.2 Å². The summed E-state index contributed by atoms with van der Waals surface area (Å²) in [6.45, 7) is 0. The highest BCUT2D eigenvalue weighted by Gasteiger charge is 2.47. The van der Waals surface area contributed by atoms with Crippen LogP contribution in [0.15, 0.2) is 42.0 Å². The highest BCUT2D eigenvalue weighted by molar-refractivity contribution is 5.75. The Balaban J connectivity index is 1.53. The summed E-state index contributed by atoms with van der Waals surface area (Å²) in [6.07, 6.45) is 6.60. The minimum Gasteiger partial charge on any atom is -0.393 e. The molecule has 26 heavy (non-hydrogen) atoms. The number of carbonyl (C=O) groups is 1. The predicted octanol–water partition coefficient (Wildman–Crippen LogP) is 3.31. The number of allylic oxidation sites excluding steroid dienone is 2. The minimum atomic E-state index is -0.605. The molecule has 142 valence electrons. The van der Waals surface area contributed by atoms with Crippen LogP contribution < -0.4 is 0 Å². The quantitative estimate of drug-likeness (QED) is 0.581. The zero-order chi connectivity index (χ0) is 18.7. The number of hydrogen-bond donors (Lipinski definition) is 2. The van der Waals surface area contributed by atoms with Crippen molar-refractivity contribution in [3.63, 3.8) is 0 Å². The van der Waals surface area contributed by atoms with Gasteiger partial charge in [-0.15, -0.1) is 0 Å². The number of rotatable bonds is 7. The Labute approximate surface area is 156 Å². The van der Waals surface area contributed by atoms with E-state index >= 15 is 0 Å². The predicted molar refractivity (Wildman–Crippen MR) is 102 cm³/mol. The van der Waals surface area contributed by atoms with Crippen LogP contribution in [0, 0.1) is 17.8 Å². The highest BCUT2D eigenvalue weighted by Crippen LogP contribution is 2.51. The summed E-state index contributed by atoms with van der Waals surface area (Å²) in [4.78, 5) is 13.3. The van der Waals surface area contributed by atoms with E-state index in [1.165, 1.54) is 5.57 Å². The van der Waals surface area contributed by atoms with Crippen LogP contribution in [0.25, 0.3) is 0 Å². The van der Waals surface area contributed by atoms with Crippen LogP contribution in [0.5, 0.6) is 0 Å². The molecular weight excluding hydrogens is 326 g/mol. The summed E-state index contributed by atoms with van der Waals surface area (Å²) >= 11 is 0. The van der Waals surface area contributed by atoms with Crippen LogP contribution in [0.3, 0.4) is 0 Å². The topological polar surface area (TPSA) is 60.8 Å². The molecule has 0 spiro atoms. The van der Waals surface area contributed by atoms with E-state index in [1.807, 2.05) is 30.3 Å². The van der Waals surface area contributed by atoms with E-state index in [1.54, 1.807) is 19.0 Å². The highest BCUT2D eigenvalue weighted by atomic mass is 16.3. The molecule has 4 heteroatoms. The molecule has 0 saturated heterocycles. The molecule has 5 atom stereocenters. The normalized spacial score (nSPS) is 28.5. The molecule has 0 unspecified atom stereocenters. The van der Waals surface area contributed by atoms with Crippen molar-refractivity contribution >= 4 is 5.91 Å². The van der Waals surface area contributed by atoms with E-state index in [4.69, 9.17) is 0 Å². The molecular formula is C22H31NO3. The van der Waals surface area contributed by atoms with Gasteiger partial charge in [-0.1, -0.05) is 42.0 Å². The van der Waals surface area contributed by atoms with Crippen molar-refractivity contribution in [1.82, 2.24) is 4.90 Å². The van der Waals surface area contributed by atoms with Crippen molar-refractivity contribution in [2.45, 2.75) is 50.7 Å². The molecule has 1 amide bonds. The third-order valence-corrected chi connectivity index (χ3v) is 6.09. The monoisotopic (exact) mass is 357 g/mol.